The van der Waals surface area contributed by atoms with Crippen LogP contribution in [0.15, 0.2) is 12.2 Å². The monoisotopic (exact) mass is 217 g/mol. The first-order chi connectivity index (χ1) is 6.81. The molecule has 0 saturated heterocycles. The zero-order chi connectivity index (χ0) is 11.9. The van der Waals surface area contributed by atoms with Crippen molar-refractivity contribution in [2.75, 3.05) is 6.61 Å². The number of nitrogens with one attached hydrogen (secondary N) is 1. The largest absolute Gasteiger partial charge is 0.478 e. The van der Waals surface area contributed by atoms with E-state index in [9.17, 15) is 9.59 Å². The van der Waals surface area contributed by atoms with Crippen LogP contribution in [0.2, 0.25) is 0 Å². The van der Waals surface area contributed by atoms with E-state index >= 15 is 0 Å². The first-order valence-corrected chi connectivity index (χ1v) is 4.31. The lowest BCUT2D eigenvalue weighted by Crippen LogP contribution is -2.32. The van der Waals surface area contributed by atoms with E-state index in [1.54, 1.807) is 20.8 Å². The maximum absolute atomic E-state index is 11.0. The van der Waals surface area contributed by atoms with E-state index in [2.05, 4.69) is 4.84 Å². The van der Waals surface area contributed by atoms with Crippen molar-refractivity contribution in [2.24, 2.45) is 0 Å². The van der Waals surface area contributed by atoms with Crippen LogP contribution in [-0.2, 0) is 14.4 Å². The van der Waals surface area contributed by atoms with Crippen molar-refractivity contribution in [1.29, 1.82) is 0 Å². The molecule has 0 radical (unpaired) electrons. The Morgan fingerprint density at radius 2 is 2.00 bits per heavy atom. The van der Waals surface area contributed by atoms with Gasteiger partial charge in [0.25, 0.3) is 0 Å². The van der Waals surface area contributed by atoms with Crippen LogP contribution >= 0.6 is 0 Å². The molecule has 0 bridgehead atoms. The van der Waals surface area contributed by atoms with Crippen molar-refractivity contribution in [2.45, 2.75) is 26.4 Å². The average molecular weight is 217 g/mol. The molecule has 0 aromatic rings. The third-order valence-electron chi connectivity index (χ3n) is 0.994. The summed E-state index contributed by atoms with van der Waals surface area (Å²) < 4.78 is 4.85. The third-order valence-corrected chi connectivity index (χ3v) is 0.994. The van der Waals surface area contributed by atoms with E-state index in [1.165, 1.54) is 6.08 Å². The molecule has 0 aromatic heterocycles. The average Bonchev–Trinajstić information content (AvgIpc) is 1.99. The topological polar surface area (TPSA) is 84.9 Å². The van der Waals surface area contributed by atoms with E-state index in [1.807, 2.05) is 5.48 Å². The second-order valence-corrected chi connectivity index (χ2v) is 3.66. The van der Waals surface area contributed by atoms with Crippen molar-refractivity contribution in [3.8, 4) is 0 Å². The number of aliphatic carboxylic acids is 1. The van der Waals surface area contributed by atoms with E-state index in [-0.39, 0.29) is 6.61 Å². The lowest BCUT2D eigenvalue weighted by molar-refractivity contribution is -0.131. The molecule has 6 nitrogen and oxygen atoms in total. The van der Waals surface area contributed by atoms with Gasteiger partial charge in [0.1, 0.15) is 5.60 Å². The summed E-state index contributed by atoms with van der Waals surface area (Å²) in [5.74, 6) is -1.07. The molecule has 0 rings (SSSR count). The van der Waals surface area contributed by atoms with Crippen molar-refractivity contribution < 1.29 is 24.3 Å². The molecule has 86 valence electrons. The van der Waals surface area contributed by atoms with Gasteiger partial charge in [-0.1, -0.05) is 0 Å². The maximum Gasteiger partial charge on any atom is 0.431 e. The Kier molecular flexibility index (Phi) is 5.40. The fourth-order valence-corrected chi connectivity index (χ4v) is 0.597. The normalized spacial score (nSPS) is 11.4. The molecule has 0 atom stereocenters. The number of hydroxylamine groups is 1. The molecule has 0 aromatic carbocycles. The van der Waals surface area contributed by atoms with Crippen LogP contribution in [0.3, 0.4) is 0 Å². The van der Waals surface area contributed by atoms with Gasteiger partial charge in [-0.25, -0.2) is 9.59 Å². The van der Waals surface area contributed by atoms with Gasteiger partial charge in [0.05, 0.1) is 6.61 Å². The van der Waals surface area contributed by atoms with Crippen LogP contribution < -0.4 is 5.48 Å². The fraction of sp³-hybridized carbons (Fsp3) is 0.556. The summed E-state index contributed by atoms with van der Waals surface area (Å²) in [5.41, 5.74) is 1.41. The number of rotatable bonds is 4. The number of amides is 1. The minimum absolute atomic E-state index is 0.0362. The molecule has 0 unspecified atom stereocenters. The molecule has 0 heterocycles. The van der Waals surface area contributed by atoms with Crippen LogP contribution in [0.4, 0.5) is 4.79 Å². The van der Waals surface area contributed by atoms with Gasteiger partial charge < -0.3 is 9.84 Å². The van der Waals surface area contributed by atoms with Crippen LogP contribution in [-0.4, -0.2) is 29.4 Å². The SMILES string of the molecule is CC(C)(C)OC(=O)NOCC=CC(=O)O. The lowest BCUT2D eigenvalue weighted by atomic mass is 10.2. The Bertz CT molecular complexity index is 254. The van der Waals surface area contributed by atoms with Gasteiger partial charge in [0.2, 0.25) is 0 Å². The van der Waals surface area contributed by atoms with Gasteiger partial charge in [-0.15, -0.1) is 0 Å². The first kappa shape index (κ1) is 13.4. The second kappa shape index (κ2) is 6.02. The predicted molar refractivity (Wildman–Crippen MR) is 52.1 cm³/mol. The number of carboxylic acid groups (broad SMARTS) is 1. The molecule has 2 N–H and O–H groups in total. The standard InChI is InChI=1S/C9H15NO5/c1-9(2,3)15-8(13)10-14-6-4-5-7(11)12/h4-5H,6H2,1-3H3,(H,10,13)(H,11,12). The number of carbonyl (C=O) groups excluding carboxylic acids is 1. The Labute approximate surface area is 87.8 Å². The summed E-state index contributed by atoms with van der Waals surface area (Å²) in [6.45, 7) is 5.12. The number of ether oxygens (including phenoxy) is 1. The van der Waals surface area contributed by atoms with E-state index in [0.717, 1.165) is 6.08 Å². The Morgan fingerprint density at radius 3 is 2.47 bits per heavy atom. The zero-order valence-corrected chi connectivity index (χ0v) is 8.94. The van der Waals surface area contributed by atoms with Gasteiger partial charge in [-0.2, -0.15) is 5.48 Å². The molecular weight excluding hydrogens is 202 g/mol. The summed E-state index contributed by atoms with van der Waals surface area (Å²) in [4.78, 5) is 25.6. The van der Waals surface area contributed by atoms with Gasteiger partial charge in [0.15, 0.2) is 0 Å². The van der Waals surface area contributed by atoms with Gasteiger partial charge in [-0.3, -0.25) is 4.84 Å². The maximum atomic E-state index is 11.0. The first-order valence-electron chi connectivity index (χ1n) is 4.31. The molecule has 0 saturated carbocycles. The highest BCUT2D eigenvalue weighted by molar-refractivity contribution is 5.79. The summed E-state index contributed by atoms with van der Waals surface area (Å²) in [5, 5.41) is 8.22. The summed E-state index contributed by atoms with van der Waals surface area (Å²) in [6, 6.07) is 0. The zero-order valence-electron chi connectivity index (χ0n) is 8.94. The molecule has 0 aliphatic carbocycles. The number of hydrogen-bond donors (Lipinski definition) is 2. The number of carbonyl (C=O) groups is 2. The minimum atomic E-state index is -1.07. The quantitative estimate of drug-likeness (QED) is 0.418. The predicted octanol–water partition coefficient (Wildman–Crippen LogP) is 1.08. The molecule has 0 fully saturated rings. The number of hydrogen-bond acceptors (Lipinski definition) is 4. The third kappa shape index (κ3) is 10.4. The second-order valence-electron chi connectivity index (χ2n) is 3.66. The number of carboxylic acids is 1. The molecule has 1 amide bonds. The smallest absolute Gasteiger partial charge is 0.431 e. The minimum Gasteiger partial charge on any atom is -0.478 e. The fourth-order valence-electron chi connectivity index (χ4n) is 0.597. The summed E-state index contributed by atoms with van der Waals surface area (Å²) in [6.07, 6.45) is 1.45. The van der Waals surface area contributed by atoms with Crippen molar-refractivity contribution >= 4 is 12.1 Å². The molecule has 0 spiro atoms. The Balaban J connectivity index is 3.61. The molecule has 15 heavy (non-hydrogen) atoms. The van der Waals surface area contributed by atoms with Gasteiger partial charge >= 0.3 is 12.1 Å². The van der Waals surface area contributed by atoms with Crippen LogP contribution in [0.1, 0.15) is 20.8 Å². The van der Waals surface area contributed by atoms with Crippen LogP contribution in [0, 0.1) is 0 Å². The lowest BCUT2D eigenvalue weighted by Gasteiger charge is -2.19. The van der Waals surface area contributed by atoms with Crippen molar-refractivity contribution in [3.05, 3.63) is 12.2 Å². The summed E-state index contributed by atoms with van der Waals surface area (Å²) >= 11 is 0. The highest BCUT2D eigenvalue weighted by atomic mass is 16.7. The Morgan fingerprint density at radius 1 is 1.40 bits per heavy atom. The van der Waals surface area contributed by atoms with E-state index in [0.29, 0.717) is 0 Å². The van der Waals surface area contributed by atoms with Gasteiger partial charge in [0, 0.05) is 6.08 Å². The molecule has 0 aliphatic heterocycles. The van der Waals surface area contributed by atoms with Crippen molar-refractivity contribution in [1.82, 2.24) is 5.48 Å². The van der Waals surface area contributed by atoms with E-state index in [4.69, 9.17) is 9.84 Å². The Hall–Kier alpha value is -1.56. The molecule has 0 aliphatic rings. The highest BCUT2D eigenvalue weighted by Crippen LogP contribution is 2.06. The van der Waals surface area contributed by atoms with Crippen LogP contribution in [0.5, 0.6) is 0 Å². The molecule has 6 heteroatoms. The van der Waals surface area contributed by atoms with Crippen LogP contribution in [0.25, 0.3) is 0 Å². The highest BCUT2D eigenvalue weighted by Gasteiger charge is 2.15. The van der Waals surface area contributed by atoms with Gasteiger partial charge in [-0.05, 0) is 26.8 Å². The summed E-state index contributed by atoms with van der Waals surface area (Å²) in [7, 11) is 0. The molecular formula is C9H15NO5. The van der Waals surface area contributed by atoms with E-state index < -0.39 is 17.7 Å². The van der Waals surface area contributed by atoms with Crippen molar-refractivity contribution in [3.63, 3.8) is 0 Å².